The van der Waals surface area contributed by atoms with E-state index in [1.54, 1.807) is 60.7 Å². The molecule has 0 aliphatic carbocycles. The lowest BCUT2D eigenvalue weighted by molar-refractivity contribution is 0.0508. The van der Waals surface area contributed by atoms with Gasteiger partial charge >= 0.3 is 17.9 Å². The van der Waals surface area contributed by atoms with Crippen molar-refractivity contribution in [3.63, 3.8) is 0 Å². The highest BCUT2D eigenvalue weighted by molar-refractivity contribution is 6.67. The zero-order valence-electron chi connectivity index (χ0n) is 16.3. The van der Waals surface area contributed by atoms with E-state index >= 15 is 0 Å². The first kappa shape index (κ1) is 23.6. The molecule has 0 saturated heterocycles. The van der Waals surface area contributed by atoms with E-state index in [1.165, 1.54) is 18.2 Å². The van der Waals surface area contributed by atoms with Gasteiger partial charge in [0.15, 0.2) is 0 Å². The average molecular weight is 494 g/mol. The Labute approximate surface area is 198 Å². The van der Waals surface area contributed by atoms with Crippen molar-refractivity contribution in [3.05, 3.63) is 95.6 Å². The summed E-state index contributed by atoms with van der Waals surface area (Å²) < 4.78 is 13.9. The van der Waals surface area contributed by atoms with Crippen LogP contribution in [-0.2, 0) is 4.74 Å². The van der Waals surface area contributed by atoms with Crippen LogP contribution in [0, 0.1) is 0 Å². The molecule has 0 unspecified atom stereocenters. The number of ether oxygens (including phenoxy) is 3. The predicted molar refractivity (Wildman–Crippen MR) is 120 cm³/mol. The molecule has 0 atom stereocenters. The second-order valence-corrected chi connectivity index (χ2v) is 8.91. The minimum atomic E-state index is -1.81. The van der Waals surface area contributed by atoms with Gasteiger partial charge in [-0.25, -0.2) is 14.4 Å². The molecule has 0 N–H and O–H groups in total. The Bertz CT molecular complexity index is 1040. The van der Waals surface area contributed by atoms with Crippen molar-refractivity contribution in [3.8, 4) is 11.5 Å². The summed E-state index contributed by atoms with van der Waals surface area (Å²) in [5.41, 5.74) is 0.507. The summed E-state index contributed by atoms with van der Waals surface area (Å²) >= 11 is 16.8. The van der Waals surface area contributed by atoms with Crippen LogP contribution in [0.25, 0.3) is 0 Å². The first-order chi connectivity index (χ1) is 15.2. The van der Waals surface area contributed by atoms with Crippen LogP contribution >= 0.6 is 34.8 Å². The maximum atomic E-state index is 12.4. The smallest absolute Gasteiger partial charge is 0.343 e. The van der Waals surface area contributed by atoms with E-state index in [9.17, 15) is 14.4 Å². The number of alkyl halides is 3. The number of carbonyl (C=O) groups excluding carboxylic acids is 3. The van der Waals surface area contributed by atoms with Gasteiger partial charge in [-0.15, -0.1) is 0 Å². The second kappa shape index (κ2) is 10.5. The Hall–Kier alpha value is -3.06. The number of benzene rings is 3. The Morgan fingerprint density at radius 3 is 1.47 bits per heavy atom. The van der Waals surface area contributed by atoms with Gasteiger partial charge in [0.25, 0.3) is 0 Å². The maximum absolute atomic E-state index is 12.4. The van der Waals surface area contributed by atoms with Crippen LogP contribution in [0.2, 0.25) is 0 Å². The fourth-order valence-corrected chi connectivity index (χ4v) is 2.68. The van der Waals surface area contributed by atoms with Gasteiger partial charge in [0, 0.05) is 6.07 Å². The third-order valence-electron chi connectivity index (χ3n) is 3.92. The largest absolute Gasteiger partial charge is 0.458 e. The molecule has 0 bridgehead atoms. The van der Waals surface area contributed by atoms with Crippen molar-refractivity contribution >= 4 is 52.7 Å². The molecule has 3 aromatic carbocycles. The van der Waals surface area contributed by atoms with Gasteiger partial charge in [0.05, 0.1) is 16.7 Å². The summed E-state index contributed by atoms with van der Waals surface area (Å²) in [7, 11) is 0. The third-order valence-corrected chi connectivity index (χ3v) is 4.25. The molecule has 3 aromatic rings. The molecule has 0 fully saturated rings. The zero-order chi connectivity index (χ0) is 23.1. The van der Waals surface area contributed by atoms with Crippen LogP contribution in [0.15, 0.2) is 78.9 Å². The molecule has 32 heavy (non-hydrogen) atoms. The summed E-state index contributed by atoms with van der Waals surface area (Å²) in [5.74, 6) is -2.29. The van der Waals surface area contributed by atoms with Gasteiger partial charge in [0.1, 0.15) is 18.1 Å². The van der Waals surface area contributed by atoms with E-state index in [-0.39, 0.29) is 17.1 Å². The SMILES string of the molecule is O=C(OCC(Cl)(Cl)Cl)c1cc(OC(=O)c2ccccc2)cc(OC(=O)c2ccccc2)c1. The molecule has 0 radical (unpaired) electrons. The van der Waals surface area contributed by atoms with Crippen molar-refractivity contribution < 1.29 is 28.6 Å². The third kappa shape index (κ3) is 6.99. The first-order valence-electron chi connectivity index (χ1n) is 9.15. The Morgan fingerprint density at radius 1 is 0.625 bits per heavy atom. The van der Waals surface area contributed by atoms with Crippen molar-refractivity contribution in [2.24, 2.45) is 0 Å². The molecule has 0 amide bonds. The fraction of sp³-hybridized carbons (Fsp3) is 0.0870. The summed E-state index contributed by atoms with van der Waals surface area (Å²) in [6.07, 6.45) is 0. The lowest BCUT2D eigenvalue weighted by atomic mass is 10.2. The quantitative estimate of drug-likeness (QED) is 0.251. The molecule has 0 aliphatic heterocycles. The minimum Gasteiger partial charge on any atom is -0.458 e. The standard InChI is InChI=1S/C23H15Cl3O6/c24-23(25,26)14-30-20(27)17-11-18(31-21(28)15-7-3-1-4-8-15)13-19(12-17)32-22(29)16-9-5-2-6-10-16/h1-13H,14H2. The number of esters is 3. The summed E-state index contributed by atoms with van der Waals surface area (Å²) in [5, 5.41) is 0. The first-order valence-corrected chi connectivity index (χ1v) is 10.3. The van der Waals surface area contributed by atoms with Gasteiger partial charge < -0.3 is 14.2 Å². The van der Waals surface area contributed by atoms with Crippen LogP contribution in [0.4, 0.5) is 0 Å². The van der Waals surface area contributed by atoms with Crippen LogP contribution in [0.1, 0.15) is 31.1 Å². The van der Waals surface area contributed by atoms with Crippen LogP contribution in [0.3, 0.4) is 0 Å². The minimum absolute atomic E-state index is 0.0435. The number of halogens is 3. The van der Waals surface area contributed by atoms with Gasteiger partial charge in [-0.1, -0.05) is 71.2 Å². The maximum Gasteiger partial charge on any atom is 0.343 e. The highest BCUT2D eigenvalue weighted by Crippen LogP contribution is 2.28. The normalized spacial score (nSPS) is 10.8. The number of hydrogen-bond donors (Lipinski definition) is 0. The van der Waals surface area contributed by atoms with E-state index in [0.717, 1.165) is 0 Å². The highest BCUT2D eigenvalue weighted by Gasteiger charge is 2.24. The molecule has 9 heteroatoms. The van der Waals surface area contributed by atoms with Gasteiger partial charge in [0.2, 0.25) is 3.79 Å². The van der Waals surface area contributed by atoms with E-state index in [0.29, 0.717) is 11.1 Å². The molecule has 0 aromatic heterocycles. The second-order valence-electron chi connectivity index (χ2n) is 6.40. The van der Waals surface area contributed by atoms with Crippen LogP contribution in [0.5, 0.6) is 11.5 Å². The number of hydrogen-bond acceptors (Lipinski definition) is 6. The predicted octanol–water partition coefficient (Wildman–Crippen LogP) is 5.65. The van der Waals surface area contributed by atoms with Gasteiger partial charge in [-0.3, -0.25) is 0 Å². The average Bonchev–Trinajstić information content (AvgIpc) is 2.78. The van der Waals surface area contributed by atoms with E-state index in [4.69, 9.17) is 49.0 Å². The molecule has 3 rings (SSSR count). The van der Waals surface area contributed by atoms with Crippen LogP contribution < -0.4 is 9.47 Å². The summed E-state index contributed by atoms with van der Waals surface area (Å²) in [6.45, 7) is -0.510. The molecule has 0 saturated carbocycles. The topological polar surface area (TPSA) is 78.9 Å². The van der Waals surface area contributed by atoms with Crippen LogP contribution in [-0.4, -0.2) is 28.3 Å². The van der Waals surface area contributed by atoms with Crippen molar-refractivity contribution in [1.82, 2.24) is 0 Å². The number of rotatable bonds is 6. The molecule has 0 aliphatic rings. The Balaban J connectivity index is 1.87. The Morgan fingerprint density at radius 2 is 1.06 bits per heavy atom. The molecular weight excluding hydrogens is 479 g/mol. The van der Waals surface area contributed by atoms with Crippen molar-refractivity contribution in [2.75, 3.05) is 6.61 Å². The monoisotopic (exact) mass is 492 g/mol. The Kier molecular flexibility index (Phi) is 7.75. The van der Waals surface area contributed by atoms with E-state index in [1.807, 2.05) is 0 Å². The number of carbonyl (C=O) groups is 3. The van der Waals surface area contributed by atoms with E-state index < -0.39 is 28.3 Å². The van der Waals surface area contributed by atoms with Crippen molar-refractivity contribution in [2.45, 2.75) is 3.79 Å². The van der Waals surface area contributed by atoms with Crippen molar-refractivity contribution in [1.29, 1.82) is 0 Å². The lowest BCUT2D eigenvalue weighted by Gasteiger charge is -2.13. The molecule has 0 heterocycles. The molecular formula is C23H15Cl3O6. The van der Waals surface area contributed by atoms with Gasteiger partial charge in [-0.2, -0.15) is 0 Å². The molecule has 0 spiro atoms. The highest BCUT2D eigenvalue weighted by atomic mass is 35.6. The lowest BCUT2D eigenvalue weighted by Crippen LogP contribution is -2.18. The van der Waals surface area contributed by atoms with E-state index in [2.05, 4.69) is 0 Å². The summed E-state index contributed by atoms with van der Waals surface area (Å²) in [6, 6.07) is 20.3. The molecule has 6 nitrogen and oxygen atoms in total. The fourth-order valence-electron chi connectivity index (χ4n) is 2.52. The summed E-state index contributed by atoms with van der Waals surface area (Å²) in [4.78, 5) is 37.2. The molecule has 164 valence electrons. The zero-order valence-corrected chi connectivity index (χ0v) is 18.6. The van der Waals surface area contributed by atoms with Gasteiger partial charge in [-0.05, 0) is 36.4 Å².